The highest BCUT2D eigenvalue weighted by Crippen LogP contribution is 2.05. The first-order chi connectivity index (χ1) is 19.5. The summed E-state index contributed by atoms with van der Waals surface area (Å²) in [7, 11) is 0. The van der Waals surface area contributed by atoms with Crippen molar-refractivity contribution >= 4 is 23.8 Å². The van der Waals surface area contributed by atoms with Gasteiger partial charge in [-0.1, -0.05) is 26.7 Å². The lowest BCUT2D eigenvalue weighted by Gasteiger charge is -2.33. The molecule has 0 unspecified atom stereocenters. The number of nitrogens with zero attached hydrogens (tertiary/aromatic N) is 4. The minimum absolute atomic E-state index is 0.00949. The fraction of sp³-hybridized carbons (Fsp3) is 0.852. The van der Waals surface area contributed by atoms with Crippen LogP contribution in [0.1, 0.15) is 39.5 Å². The van der Waals surface area contributed by atoms with Crippen molar-refractivity contribution in [2.45, 2.75) is 39.5 Å². The van der Waals surface area contributed by atoms with Crippen LogP contribution in [0.25, 0.3) is 0 Å². The molecule has 0 saturated carbocycles. The number of aliphatic carboxylic acids is 3. The lowest BCUT2D eigenvalue weighted by Crippen LogP contribution is -2.49. The molecular weight excluding hydrogens is 536 g/mol. The molecule has 0 aromatic heterocycles. The van der Waals surface area contributed by atoms with Gasteiger partial charge in [0.2, 0.25) is 5.91 Å². The Morgan fingerprint density at radius 3 is 1.59 bits per heavy atom. The van der Waals surface area contributed by atoms with Gasteiger partial charge in [-0.05, 0) is 12.3 Å². The first-order valence-corrected chi connectivity index (χ1v) is 14.6. The summed E-state index contributed by atoms with van der Waals surface area (Å²) in [5.41, 5.74) is 0. The molecule has 14 heteroatoms. The fourth-order valence-electron chi connectivity index (χ4n) is 4.43. The van der Waals surface area contributed by atoms with Crippen molar-refractivity contribution < 1.29 is 39.2 Å². The molecule has 1 aliphatic rings. The van der Waals surface area contributed by atoms with Gasteiger partial charge in [0.05, 0.1) is 32.8 Å². The van der Waals surface area contributed by atoms with E-state index >= 15 is 0 Å². The molecule has 1 heterocycles. The minimum atomic E-state index is -0.983. The Morgan fingerprint density at radius 2 is 1.15 bits per heavy atom. The van der Waals surface area contributed by atoms with E-state index in [0.29, 0.717) is 97.7 Å². The van der Waals surface area contributed by atoms with E-state index in [-0.39, 0.29) is 25.5 Å². The Labute approximate surface area is 244 Å². The third-order valence-electron chi connectivity index (χ3n) is 6.77. The maximum absolute atomic E-state index is 11.9. The van der Waals surface area contributed by atoms with Crippen molar-refractivity contribution in [3.63, 3.8) is 0 Å². The molecule has 238 valence electrons. The Hall–Kier alpha value is -2.36. The molecule has 0 aliphatic carbocycles. The molecule has 14 nitrogen and oxygen atoms in total. The van der Waals surface area contributed by atoms with Crippen molar-refractivity contribution in [2.24, 2.45) is 5.92 Å². The van der Waals surface area contributed by atoms with E-state index in [2.05, 4.69) is 29.4 Å². The monoisotopic (exact) mass is 588 g/mol. The fourth-order valence-corrected chi connectivity index (χ4v) is 4.43. The van der Waals surface area contributed by atoms with Crippen molar-refractivity contribution in [3.05, 3.63) is 0 Å². The van der Waals surface area contributed by atoms with Crippen LogP contribution in [0.5, 0.6) is 0 Å². The predicted molar refractivity (Wildman–Crippen MR) is 154 cm³/mol. The molecule has 1 saturated heterocycles. The zero-order valence-electron chi connectivity index (χ0n) is 24.9. The molecular formula is C27H52N6O8. The number of ether oxygens (including phenoxy) is 1. The summed E-state index contributed by atoms with van der Waals surface area (Å²) < 4.78 is 5.59. The number of hydrogen-bond donors (Lipinski definition) is 5. The first kappa shape index (κ1) is 36.7. The summed E-state index contributed by atoms with van der Waals surface area (Å²) >= 11 is 0. The number of amides is 1. The molecule has 5 N–H and O–H groups in total. The Balaban J connectivity index is 2.49. The van der Waals surface area contributed by atoms with Crippen LogP contribution >= 0.6 is 0 Å². The summed E-state index contributed by atoms with van der Waals surface area (Å²) in [6.45, 7) is 10.00. The molecule has 1 amide bonds. The van der Waals surface area contributed by atoms with Gasteiger partial charge in [0, 0.05) is 78.5 Å². The van der Waals surface area contributed by atoms with Crippen molar-refractivity contribution in [1.29, 1.82) is 0 Å². The van der Waals surface area contributed by atoms with E-state index < -0.39 is 17.9 Å². The number of nitrogens with one attached hydrogen (secondary N) is 2. The lowest BCUT2D eigenvalue weighted by molar-refractivity contribution is -0.140. The third kappa shape index (κ3) is 21.1. The average Bonchev–Trinajstić information content (AvgIpc) is 2.87. The quantitative estimate of drug-likeness (QED) is 0.121. The van der Waals surface area contributed by atoms with Gasteiger partial charge in [-0.15, -0.1) is 0 Å². The largest absolute Gasteiger partial charge is 0.480 e. The van der Waals surface area contributed by atoms with Crippen LogP contribution in [-0.4, -0.2) is 164 Å². The summed E-state index contributed by atoms with van der Waals surface area (Å²) in [6, 6.07) is 0. The number of carbonyl (C=O) groups is 4. The highest BCUT2D eigenvalue weighted by atomic mass is 16.5. The molecule has 0 aromatic rings. The van der Waals surface area contributed by atoms with Gasteiger partial charge in [0.1, 0.15) is 0 Å². The van der Waals surface area contributed by atoms with E-state index in [1.807, 2.05) is 0 Å². The van der Waals surface area contributed by atoms with Crippen LogP contribution in [0.3, 0.4) is 0 Å². The topological polar surface area (TPSA) is 175 Å². The maximum atomic E-state index is 11.9. The molecule has 41 heavy (non-hydrogen) atoms. The third-order valence-corrected chi connectivity index (χ3v) is 6.77. The number of carboxylic acid groups (broad SMARTS) is 3. The summed E-state index contributed by atoms with van der Waals surface area (Å²) in [5, 5.41) is 34.1. The second-order valence-corrected chi connectivity index (χ2v) is 10.9. The highest BCUT2D eigenvalue weighted by molar-refractivity contribution is 5.75. The standard InChI is InChI=1S/C27H52N6O8/c1-23(2)5-3-4-7-29-24(34)6-17-41-18-8-28-22-33-15-13-31(20-26(37)38)11-9-30(19-25(35)36)10-12-32(14-16-33)21-27(39)40/h23,28H,3-22H2,1-2H3,(H,29,34)(H,35,36)(H,37,38)(H,39,40). The summed E-state index contributed by atoms with van der Waals surface area (Å²) in [5.74, 6) is -2.21. The van der Waals surface area contributed by atoms with Gasteiger partial charge >= 0.3 is 17.9 Å². The average molecular weight is 589 g/mol. The minimum Gasteiger partial charge on any atom is -0.480 e. The van der Waals surface area contributed by atoms with Crippen LogP contribution in [0.15, 0.2) is 0 Å². The predicted octanol–water partition coefficient (Wildman–Crippen LogP) is -0.642. The van der Waals surface area contributed by atoms with Gasteiger partial charge in [-0.25, -0.2) is 0 Å². The number of rotatable bonds is 19. The first-order valence-electron chi connectivity index (χ1n) is 14.6. The normalized spacial score (nSPS) is 17.1. The van der Waals surface area contributed by atoms with Gasteiger partial charge in [0.15, 0.2) is 0 Å². The van der Waals surface area contributed by atoms with Crippen LogP contribution in [0.2, 0.25) is 0 Å². The van der Waals surface area contributed by atoms with Crippen molar-refractivity contribution in [3.8, 4) is 0 Å². The second kappa shape index (κ2) is 22.3. The highest BCUT2D eigenvalue weighted by Gasteiger charge is 2.20. The van der Waals surface area contributed by atoms with E-state index in [4.69, 9.17) is 4.74 Å². The molecule has 0 bridgehead atoms. The van der Waals surface area contributed by atoms with E-state index in [0.717, 1.165) is 19.3 Å². The molecule has 0 spiro atoms. The van der Waals surface area contributed by atoms with Crippen molar-refractivity contribution in [2.75, 3.05) is 105 Å². The molecule has 0 atom stereocenters. The molecule has 1 fully saturated rings. The summed E-state index contributed by atoms with van der Waals surface area (Å²) in [4.78, 5) is 53.4. The lowest BCUT2D eigenvalue weighted by atomic mass is 10.1. The van der Waals surface area contributed by atoms with Crippen LogP contribution < -0.4 is 10.6 Å². The van der Waals surface area contributed by atoms with Crippen molar-refractivity contribution in [1.82, 2.24) is 30.2 Å². The Bertz CT molecular complexity index is 740. The molecule has 0 radical (unpaired) electrons. The summed E-state index contributed by atoms with van der Waals surface area (Å²) in [6.07, 6.45) is 3.57. The Kier molecular flexibility index (Phi) is 19.9. The molecule has 0 aromatic carbocycles. The maximum Gasteiger partial charge on any atom is 0.317 e. The van der Waals surface area contributed by atoms with Crippen LogP contribution in [0, 0.1) is 5.92 Å². The second-order valence-electron chi connectivity index (χ2n) is 10.9. The SMILES string of the molecule is CC(C)CCCCNC(=O)CCOCCNCN1CCN(CC(=O)O)CCN(CC(=O)O)CCN(CC(=O)O)CC1. The van der Waals surface area contributed by atoms with E-state index in [1.54, 1.807) is 14.7 Å². The van der Waals surface area contributed by atoms with Gasteiger partial charge in [-0.3, -0.25) is 38.8 Å². The van der Waals surface area contributed by atoms with Crippen LogP contribution in [0.4, 0.5) is 0 Å². The number of unbranched alkanes of at least 4 members (excludes halogenated alkanes) is 1. The van der Waals surface area contributed by atoms with E-state index in [1.165, 1.54) is 0 Å². The molecule has 1 rings (SSSR count). The smallest absolute Gasteiger partial charge is 0.317 e. The zero-order chi connectivity index (χ0) is 30.5. The van der Waals surface area contributed by atoms with Gasteiger partial charge in [0.25, 0.3) is 0 Å². The Morgan fingerprint density at radius 1 is 0.683 bits per heavy atom. The van der Waals surface area contributed by atoms with Crippen LogP contribution in [-0.2, 0) is 23.9 Å². The number of carboxylic acids is 3. The number of hydrogen-bond acceptors (Lipinski definition) is 10. The van der Waals surface area contributed by atoms with Gasteiger partial charge < -0.3 is 30.7 Å². The zero-order valence-corrected chi connectivity index (χ0v) is 24.9. The number of carbonyl (C=O) groups excluding carboxylic acids is 1. The molecule has 1 aliphatic heterocycles. The van der Waals surface area contributed by atoms with Gasteiger partial charge in [-0.2, -0.15) is 0 Å². The van der Waals surface area contributed by atoms with E-state index in [9.17, 15) is 34.5 Å².